The van der Waals surface area contributed by atoms with Crippen molar-refractivity contribution in [2.75, 3.05) is 56.9 Å². The first-order valence-corrected chi connectivity index (χ1v) is 19.2. The highest BCUT2D eigenvalue weighted by atomic mass is 32.1. The third-order valence-corrected chi connectivity index (χ3v) is 12.1. The Bertz CT molecular complexity index is 1990. The minimum absolute atomic E-state index is 0.0146. The first-order valence-electron chi connectivity index (χ1n) is 18.3. The molecule has 53 heavy (non-hydrogen) atoms. The predicted octanol–water partition coefficient (Wildman–Crippen LogP) is 6.37. The largest absolute Gasteiger partial charge is 0.393 e. The van der Waals surface area contributed by atoms with Gasteiger partial charge in [0.15, 0.2) is 0 Å². The lowest BCUT2D eigenvalue weighted by molar-refractivity contribution is -0.138. The second kappa shape index (κ2) is 16.0. The molecule has 4 aromatic rings. The van der Waals surface area contributed by atoms with Crippen LogP contribution in [0.25, 0.3) is 21.1 Å². The van der Waals surface area contributed by atoms with Gasteiger partial charge in [-0.1, -0.05) is 13.0 Å². The number of aryl methyl sites for hydroxylation is 1. The van der Waals surface area contributed by atoms with E-state index in [0.29, 0.717) is 40.8 Å². The number of benzene rings is 1. The Morgan fingerprint density at radius 3 is 2.42 bits per heavy atom. The van der Waals surface area contributed by atoms with E-state index >= 15 is 0 Å². The van der Waals surface area contributed by atoms with Crippen molar-refractivity contribution in [3.05, 3.63) is 46.0 Å². The average Bonchev–Trinajstić information content (AvgIpc) is 3.73. The van der Waals surface area contributed by atoms with E-state index in [1.807, 2.05) is 11.0 Å². The highest BCUT2D eigenvalue weighted by Crippen LogP contribution is 2.35. The quantitative estimate of drug-likeness (QED) is 0.159. The number of piperidine rings is 1. The summed E-state index contributed by atoms with van der Waals surface area (Å²) in [6.07, 6.45) is -2.52. The molecule has 0 saturated carbocycles. The van der Waals surface area contributed by atoms with Crippen LogP contribution in [-0.2, 0) is 22.6 Å². The normalized spacial score (nSPS) is 18.2. The van der Waals surface area contributed by atoms with Crippen LogP contribution >= 0.6 is 11.3 Å². The topological polar surface area (TPSA) is 122 Å². The molecule has 3 atom stereocenters. The van der Waals surface area contributed by atoms with Crippen molar-refractivity contribution in [1.82, 2.24) is 29.2 Å². The molecule has 2 aliphatic heterocycles. The summed E-state index contributed by atoms with van der Waals surface area (Å²) in [6.45, 7) is 13.4. The van der Waals surface area contributed by atoms with Crippen LogP contribution in [0.1, 0.15) is 67.8 Å². The third kappa shape index (κ3) is 8.45. The highest BCUT2D eigenvalue weighted by Gasteiger charge is 2.32. The molecule has 284 valence electrons. The van der Waals surface area contributed by atoms with Crippen LogP contribution in [0.5, 0.6) is 0 Å². The first-order chi connectivity index (χ1) is 25.3. The van der Waals surface area contributed by atoms with E-state index in [2.05, 4.69) is 73.9 Å². The van der Waals surface area contributed by atoms with Crippen molar-refractivity contribution in [3.8, 4) is 6.07 Å². The zero-order valence-electron chi connectivity index (χ0n) is 31.0. The summed E-state index contributed by atoms with van der Waals surface area (Å²) in [7, 11) is 1.69. The second-order valence-electron chi connectivity index (χ2n) is 14.5. The number of aromatic nitrogens is 3. The number of rotatable bonds is 12. The molecule has 15 heteroatoms. The summed E-state index contributed by atoms with van der Waals surface area (Å²) in [5.74, 6) is 0.658. The van der Waals surface area contributed by atoms with Gasteiger partial charge < -0.3 is 24.9 Å². The number of aldehydes is 1. The van der Waals surface area contributed by atoms with Crippen molar-refractivity contribution in [2.45, 2.75) is 84.2 Å². The summed E-state index contributed by atoms with van der Waals surface area (Å²) in [5, 5.41) is 18.3. The van der Waals surface area contributed by atoms with Crippen molar-refractivity contribution in [2.24, 2.45) is 5.92 Å². The van der Waals surface area contributed by atoms with Gasteiger partial charge >= 0.3 is 6.18 Å². The second-order valence-corrected chi connectivity index (χ2v) is 15.6. The maximum absolute atomic E-state index is 13.1. The number of nitrogens with one attached hydrogen (secondary N) is 2. The zero-order valence-corrected chi connectivity index (χ0v) is 31.8. The van der Waals surface area contributed by atoms with Crippen LogP contribution in [0.2, 0.25) is 0 Å². The van der Waals surface area contributed by atoms with Crippen molar-refractivity contribution < 1.29 is 22.8 Å². The predicted molar refractivity (Wildman–Crippen MR) is 202 cm³/mol. The molecule has 1 amide bonds. The fraction of sp³-hybridized carbons (Fsp3) is 0.553. The molecule has 0 bridgehead atoms. The molecule has 2 saturated heterocycles. The van der Waals surface area contributed by atoms with Gasteiger partial charge in [0.2, 0.25) is 11.9 Å². The number of hydrogen-bond donors (Lipinski definition) is 2. The molecule has 6 rings (SSSR count). The SMILES string of the molecule is CNc1nc(NC2CCN(Cc3ccc4c(cc(C#N)n4C(C)C(C)N4CCN(C(=O)C(C)CC=O)CC4)c3C)CC2)c2cc(CC(F)(F)F)sc2n1. The number of anilines is 2. The number of thiophene rings is 1. The Labute approximate surface area is 312 Å². The summed E-state index contributed by atoms with van der Waals surface area (Å²) >= 11 is 1.05. The van der Waals surface area contributed by atoms with E-state index in [4.69, 9.17) is 0 Å². The van der Waals surface area contributed by atoms with E-state index in [1.165, 1.54) is 5.56 Å². The van der Waals surface area contributed by atoms with Crippen molar-refractivity contribution in [3.63, 3.8) is 0 Å². The monoisotopic (exact) mass is 751 g/mol. The Balaban J connectivity index is 1.10. The van der Waals surface area contributed by atoms with E-state index in [-0.39, 0.29) is 41.2 Å². The Kier molecular flexibility index (Phi) is 11.6. The van der Waals surface area contributed by atoms with Gasteiger partial charge in [-0.15, -0.1) is 11.3 Å². The number of fused-ring (bicyclic) bond motifs is 2. The van der Waals surface area contributed by atoms with E-state index in [1.54, 1.807) is 20.0 Å². The van der Waals surface area contributed by atoms with Crippen LogP contribution in [0.15, 0.2) is 24.3 Å². The molecule has 0 radical (unpaired) electrons. The molecular formula is C38H48F3N9O2S. The fourth-order valence-electron chi connectivity index (χ4n) is 7.76. The third-order valence-electron chi connectivity index (χ3n) is 11.1. The van der Waals surface area contributed by atoms with Gasteiger partial charge in [-0.3, -0.25) is 14.6 Å². The van der Waals surface area contributed by atoms with Gasteiger partial charge in [0.1, 0.15) is 28.7 Å². The number of halogens is 3. The molecule has 2 aliphatic rings. The zero-order chi connectivity index (χ0) is 38.0. The minimum Gasteiger partial charge on any atom is -0.367 e. The molecule has 1 aromatic carbocycles. The lowest BCUT2D eigenvalue weighted by Crippen LogP contribution is -2.53. The molecule has 0 spiro atoms. The van der Waals surface area contributed by atoms with E-state index < -0.39 is 12.6 Å². The number of nitriles is 1. The number of nitrogens with zero attached hydrogens (tertiary/aromatic N) is 7. The standard InChI is InChI=1S/C38H48F3N9O2S/c1-23(10-17-51)36(52)49-15-13-48(14-16-49)25(3)26(4)50-29(21-42)18-31-24(2)27(6-7-33(31)50)22-47-11-8-28(9-12-47)44-34-32-19-30(20-38(39,40)41)53-35(32)46-37(43-5)45-34/h6-7,17-19,23,25-26,28H,8-16,20,22H2,1-5H3,(H2,43,44,45,46). The summed E-state index contributed by atoms with van der Waals surface area (Å²) in [4.78, 5) is 40.0. The number of piperazine rings is 1. The van der Waals surface area contributed by atoms with Gasteiger partial charge in [0, 0.05) is 99.1 Å². The molecule has 11 nitrogen and oxygen atoms in total. The number of likely N-dealkylation sites (tertiary alicyclic amines) is 1. The number of alkyl halides is 3. The lowest BCUT2D eigenvalue weighted by atomic mass is 10.0. The van der Waals surface area contributed by atoms with Gasteiger partial charge in [-0.2, -0.15) is 23.4 Å². The highest BCUT2D eigenvalue weighted by molar-refractivity contribution is 7.18. The number of carbonyl (C=O) groups is 2. The van der Waals surface area contributed by atoms with E-state index in [0.717, 1.165) is 79.7 Å². The number of amides is 1. The van der Waals surface area contributed by atoms with Crippen molar-refractivity contribution >= 4 is 56.4 Å². The smallest absolute Gasteiger partial charge is 0.367 e. The van der Waals surface area contributed by atoms with Crippen LogP contribution < -0.4 is 10.6 Å². The molecular weight excluding hydrogens is 704 g/mol. The summed E-state index contributed by atoms with van der Waals surface area (Å²) < 4.78 is 41.5. The molecule has 3 aromatic heterocycles. The summed E-state index contributed by atoms with van der Waals surface area (Å²) in [5.41, 5.74) is 4.02. The van der Waals surface area contributed by atoms with Gasteiger partial charge in [-0.05, 0) is 62.9 Å². The molecule has 5 heterocycles. The van der Waals surface area contributed by atoms with Gasteiger partial charge in [0.25, 0.3) is 0 Å². The molecule has 3 unspecified atom stereocenters. The summed E-state index contributed by atoms with van der Waals surface area (Å²) in [6, 6.07) is 10.6. The molecule has 2 N–H and O–H groups in total. The Morgan fingerprint density at radius 2 is 1.77 bits per heavy atom. The fourth-order valence-corrected chi connectivity index (χ4v) is 8.82. The molecule has 2 fully saturated rings. The van der Waals surface area contributed by atoms with Gasteiger partial charge in [-0.25, -0.2) is 4.98 Å². The van der Waals surface area contributed by atoms with Crippen molar-refractivity contribution in [1.29, 1.82) is 5.26 Å². The first kappa shape index (κ1) is 38.5. The van der Waals surface area contributed by atoms with Crippen LogP contribution in [0, 0.1) is 24.2 Å². The Morgan fingerprint density at radius 1 is 1.06 bits per heavy atom. The Hall–Kier alpha value is -4.26. The van der Waals surface area contributed by atoms with E-state index in [9.17, 15) is 28.0 Å². The average molecular weight is 752 g/mol. The van der Waals surface area contributed by atoms with Crippen LogP contribution in [0.3, 0.4) is 0 Å². The minimum atomic E-state index is -4.29. The van der Waals surface area contributed by atoms with Gasteiger partial charge in [0.05, 0.1) is 11.8 Å². The van der Waals surface area contributed by atoms with Crippen LogP contribution in [0.4, 0.5) is 24.9 Å². The number of hydrogen-bond acceptors (Lipinski definition) is 10. The lowest BCUT2D eigenvalue weighted by Gasteiger charge is -2.41. The maximum Gasteiger partial charge on any atom is 0.393 e. The maximum atomic E-state index is 13.1. The molecule has 0 aliphatic carbocycles. The number of carbonyl (C=O) groups excluding carboxylic acids is 2. The van der Waals surface area contributed by atoms with Crippen LogP contribution in [-0.4, -0.2) is 106 Å².